The first-order chi connectivity index (χ1) is 10.7. The van der Waals surface area contributed by atoms with Gasteiger partial charge in [0.2, 0.25) is 0 Å². The molecule has 1 unspecified atom stereocenters. The van der Waals surface area contributed by atoms with Gasteiger partial charge in [0.25, 0.3) is 0 Å². The van der Waals surface area contributed by atoms with E-state index in [1.54, 1.807) is 14.2 Å². The van der Waals surface area contributed by atoms with Crippen molar-refractivity contribution in [1.29, 1.82) is 0 Å². The van der Waals surface area contributed by atoms with Crippen LogP contribution in [-0.4, -0.2) is 20.5 Å². The number of methoxy groups -OCH3 is 2. The van der Waals surface area contributed by atoms with Gasteiger partial charge in [-0.1, -0.05) is 29.8 Å². The maximum Gasteiger partial charge on any atom is 0.131 e. The molecule has 0 fully saturated rings. The van der Waals surface area contributed by atoms with Crippen molar-refractivity contribution >= 4 is 12.4 Å². The Morgan fingerprint density at radius 2 is 1.68 bits per heavy atom. The zero-order valence-corrected chi connectivity index (χ0v) is 12.7. The molecule has 3 heteroatoms. The highest BCUT2D eigenvalue weighted by molar-refractivity contribution is 5.76. The number of benzene rings is 2. The average molecular weight is 294 g/mol. The number of aldehydes is 1. The normalized spacial score (nSPS) is 18.1. The highest BCUT2D eigenvalue weighted by atomic mass is 16.5. The molecule has 0 amide bonds. The van der Waals surface area contributed by atoms with Gasteiger partial charge in [0.1, 0.15) is 17.8 Å². The Hall–Kier alpha value is -2.55. The molecule has 0 aliphatic heterocycles. The van der Waals surface area contributed by atoms with Crippen molar-refractivity contribution in [1.82, 2.24) is 0 Å². The Kier molecular flexibility index (Phi) is 3.96. The van der Waals surface area contributed by atoms with Crippen LogP contribution in [-0.2, 0) is 11.2 Å². The topological polar surface area (TPSA) is 35.5 Å². The predicted octanol–water partition coefficient (Wildman–Crippen LogP) is 3.63. The van der Waals surface area contributed by atoms with Gasteiger partial charge in [-0.15, -0.1) is 0 Å². The molecule has 0 heterocycles. The molecule has 0 saturated carbocycles. The second-order valence-corrected chi connectivity index (χ2v) is 5.35. The van der Waals surface area contributed by atoms with Crippen LogP contribution in [0.3, 0.4) is 0 Å². The summed E-state index contributed by atoms with van der Waals surface area (Å²) < 4.78 is 10.4. The number of fused-ring (bicyclic) bond motifs is 1. The smallest absolute Gasteiger partial charge is 0.131 e. The average Bonchev–Trinajstić information content (AvgIpc) is 2.91. The molecule has 1 aliphatic carbocycles. The van der Waals surface area contributed by atoms with E-state index in [4.69, 9.17) is 9.47 Å². The molecule has 3 nitrogen and oxygen atoms in total. The Balaban J connectivity index is 1.94. The zero-order valence-electron chi connectivity index (χ0n) is 12.7. The summed E-state index contributed by atoms with van der Waals surface area (Å²) in [6, 6.07) is 13.8. The summed E-state index contributed by atoms with van der Waals surface area (Å²) >= 11 is 0. The van der Waals surface area contributed by atoms with Gasteiger partial charge in [-0.3, -0.25) is 0 Å². The lowest BCUT2D eigenvalue weighted by Crippen LogP contribution is -1.97. The molecule has 0 bridgehead atoms. The Morgan fingerprint density at radius 1 is 1.00 bits per heavy atom. The lowest BCUT2D eigenvalue weighted by atomic mass is 9.98. The Morgan fingerprint density at radius 3 is 2.32 bits per heavy atom. The zero-order chi connectivity index (χ0) is 15.5. The van der Waals surface area contributed by atoms with E-state index < -0.39 is 0 Å². The van der Waals surface area contributed by atoms with Crippen molar-refractivity contribution in [2.75, 3.05) is 14.2 Å². The summed E-state index contributed by atoms with van der Waals surface area (Å²) in [7, 11) is 3.30. The van der Waals surface area contributed by atoms with Gasteiger partial charge in [-0.2, -0.15) is 0 Å². The van der Waals surface area contributed by atoms with Crippen molar-refractivity contribution in [2.24, 2.45) is 0 Å². The predicted molar refractivity (Wildman–Crippen MR) is 86.5 cm³/mol. The van der Waals surface area contributed by atoms with Crippen LogP contribution in [0.25, 0.3) is 6.08 Å². The first kappa shape index (κ1) is 14.4. The summed E-state index contributed by atoms with van der Waals surface area (Å²) in [6.07, 6.45) is 3.89. The van der Waals surface area contributed by atoms with Gasteiger partial charge in [-0.05, 0) is 47.4 Å². The number of ether oxygens (including phenoxy) is 2. The highest BCUT2D eigenvalue weighted by Gasteiger charge is 2.27. The molecule has 0 spiro atoms. The van der Waals surface area contributed by atoms with Gasteiger partial charge in [0.15, 0.2) is 0 Å². The van der Waals surface area contributed by atoms with E-state index in [9.17, 15) is 4.79 Å². The first-order valence-electron chi connectivity index (χ1n) is 7.21. The fraction of sp³-hybridized carbons (Fsp3) is 0.211. The van der Waals surface area contributed by atoms with Crippen LogP contribution in [0, 0.1) is 0 Å². The minimum Gasteiger partial charge on any atom is -0.497 e. The first-order valence-corrected chi connectivity index (χ1v) is 7.21. The molecule has 112 valence electrons. The molecule has 0 N–H and O–H groups in total. The Labute approximate surface area is 130 Å². The van der Waals surface area contributed by atoms with Crippen molar-refractivity contribution in [3.05, 3.63) is 64.7 Å². The van der Waals surface area contributed by atoms with Gasteiger partial charge < -0.3 is 14.3 Å². The molecule has 0 aromatic heterocycles. The number of allylic oxidation sites excluding steroid dienone is 1. The minimum atomic E-state index is -0.164. The fourth-order valence-electron chi connectivity index (χ4n) is 2.91. The summed E-state index contributed by atoms with van der Waals surface area (Å²) in [4.78, 5) is 11.5. The van der Waals surface area contributed by atoms with Gasteiger partial charge >= 0.3 is 0 Å². The third-order valence-corrected chi connectivity index (χ3v) is 4.08. The van der Waals surface area contributed by atoms with Gasteiger partial charge in [0.05, 0.1) is 20.1 Å². The van der Waals surface area contributed by atoms with Gasteiger partial charge in [0, 0.05) is 0 Å². The monoisotopic (exact) mass is 294 g/mol. The standard InChI is InChI=1S/C19H18O3/c1-21-16-5-3-13(4-6-16)9-14-10-15-11-17(22-2)7-8-18(15)19(14)12-20/h3-9,11-12,19H,10H2,1-2H3/b14-9+. The molecule has 1 aliphatic rings. The summed E-state index contributed by atoms with van der Waals surface area (Å²) in [6.45, 7) is 0. The molecule has 22 heavy (non-hydrogen) atoms. The van der Waals surface area contributed by atoms with E-state index in [1.807, 2.05) is 42.5 Å². The van der Waals surface area contributed by atoms with E-state index in [0.717, 1.165) is 46.5 Å². The van der Waals surface area contributed by atoms with Crippen molar-refractivity contribution in [3.63, 3.8) is 0 Å². The molecule has 2 aromatic rings. The SMILES string of the molecule is COc1ccc(/C=C2\Cc3cc(OC)ccc3C2C=O)cc1. The molecular formula is C19H18O3. The van der Waals surface area contributed by atoms with Crippen LogP contribution >= 0.6 is 0 Å². The molecule has 3 rings (SSSR count). The van der Waals surface area contributed by atoms with Gasteiger partial charge in [-0.25, -0.2) is 0 Å². The third-order valence-electron chi connectivity index (χ3n) is 4.08. The van der Waals surface area contributed by atoms with Crippen molar-refractivity contribution in [3.8, 4) is 11.5 Å². The lowest BCUT2D eigenvalue weighted by Gasteiger charge is -2.07. The molecular weight excluding hydrogens is 276 g/mol. The van der Waals surface area contributed by atoms with E-state index in [-0.39, 0.29) is 5.92 Å². The Bertz CT molecular complexity index is 714. The van der Waals surface area contributed by atoms with Crippen LogP contribution in [0.1, 0.15) is 22.6 Å². The summed E-state index contributed by atoms with van der Waals surface area (Å²) in [5.41, 5.74) is 4.43. The number of rotatable bonds is 4. The van der Waals surface area contributed by atoms with Crippen LogP contribution in [0.4, 0.5) is 0 Å². The highest BCUT2D eigenvalue weighted by Crippen LogP contribution is 2.38. The maximum absolute atomic E-state index is 11.5. The van der Waals surface area contributed by atoms with E-state index >= 15 is 0 Å². The molecule has 1 atom stereocenters. The van der Waals surface area contributed by atoms with Crippen LogP contribution in [0.15, 0.2) is 48.0 Å². The van der Waals surface area contributed by atoms with E-state index in [2.05, 4.69) is 6.08 Å². The quantitative estimate of drug-likeness (QED) is 0.808. The third kappa shape index (κ3) is 2.62. The lowest BCUT2D eigenvalue weighted by molar-refractivity contribution is -0.108. The van der Waals surface area contributed by atoms with Crippen LogP contribution in [0.5, 0.6) is 11.5 Å². The van der Waals surface area contributed by atoms with Crippen molar-refractivity contribution < 1.29 is 14.3 Å². The van der Waals surface area contributed by atoms with E-state index in [0.29, 0.717) is 0 Å². The second kappa shape index (κ2) is 6.06. The summed E-state index contributed by atoms with van der Waals surface area (Å²) in [5.74, 6) is 1.49. The second-order valence-electron chi connectivity index (χ2n) is 5.35. The number of carbonyl (C=O) groups excluding carboxylic acids is 1. The summed E-state index contributed by atoms with van der Waals surface area (Å²) in [5, 5.41) is 0. The number of carbonyl (C=O) groups is 1. The molecule has 0 radical (unpaired) electrons. The molecule has 0 saturated heterocycles. The van der Waals surface area contributed by atoms with Crippen LogP contribution < -0.4 is 9.47 Å². The molecule has 2 aromatic carbocycles. The van der Waals surface area contributed by atoms with E-state index in [1.165, 1.54) is 0 Å². The number of hydrogen-bond donors (Lipinski definition) is 0. The fourth-order valence-corrected chi connectivity index (χ4v) is 2.91. The van der Waals surface area contributed by atoms with Crippen LogP contribution in [0.2, 0.25) is 0 Å². The number of hydrogen-bond acceptors (Lipinski definition) is 3. The maximum atomic E-state index is 11.5. The minimum absolute atomic E-state index is 0.164. The largest absolute Gasteiger partial charge is 0.497 e. The van der Waals surface area contributed by atoms with Crippen molar-refractivity contribution in [2.45, 2.75) is 12.3 Å².